The highest BCUT2D eigenvalue weighted by molar-refractivity contribution is 9.09. The summed E-state index contributed by atoms with van der Waals surface area (Å²) in [6.07, 6.45) is 0. The molecular formula is C13H9BrF2. The highest BCUT2D eigenvalue weighted by Crippen LogP contribution is 2.32. The van der Waals surface area contributed by atoms with E-state index >= 15 is 0 Å². The maximum atomic E-state index is 13.5. The van der Waals surface area contributed by atoms with Crippen molar-refractivity contribution in [3.05, 3.63) is 71.3 Å². The van der Waals surface area contributed by atoms with E-state index in [9.17, 15) is 8.78 Å². The third kappa shape index (κ3) is 2.30. The molecule has 2 aromatic rings. The van der Waals surface area contributed by atoms with E-state index in [1.54, 1.807) is 30.3 Å². The molecule has 0 spiro atoms. The van der Waals surface area contributed by atoms with Crippen LogP contribution in [0.1, 0.15) is 16.0 Å². The maximum absolute atomic E-state index is 13.5. The van der Waals surface area contributed by atoms with Crippen LogP contribution in [0.5, 0.6) is 0 Å². The molecular weight excluding hydrogens is 274 g/mol. The molecule has 0 aliphatic rings. The van der Waals surface area contributed by atoms with E-state index in [1.807, 2.05) is 0 Å². The second-order valence-electron chi connectivity index (χ2n) is 3.44. The van der Waals surface area contributed by atoms with Crippen LogP contribution in [0.15, 0.2) is 48.5 Å². The minimum absolute atomic E-state index is 0.255. The van der Waals surface area contributed by atoms with Gasteiger partial charge < -0.3 is 0 Å². The summed E-state index contributed by atoms with van der Waals surface area (Å²) in [6, 6.07) is 12.5. The average molecular weight is 283 g/mol. The van der Waals surface area contributed by atoms with Gasteiger partial charge in [-0.3, -0.25) is 0 Å². The van der Waals surface area contributed by atoms with Gasteiger partial charge in [0.05, 0.1) is 4.83 Å². The predicted octanol–water partition coefficient (Wildman–Crippen LogP) is 4.45. The molecule has 0 aliphatic heterocycles. The van der Waals surface area contributed by atoms with Gasteiger partial charge in [-0.25, -0.2) is 8.78 Å². The van der Waals surface area contributed by atoms with E-state index in [0.29, 0.717) is 5.56 Å². The van der Waals surface area contributed by atoms with Crippen LogP contribution in [0.25, 0.3) is 0 Å². The molecule has 1 unspecified atom stereocenters. The van der Waals surface area contributed by atoms with Gasteiger partial charge in [0.15, 0.2) is 0 Å². The van der Waals surface area contributed by atoms with E-state index in [4.69, 9.17) is 0 Å². The van der Waals surface area contributed by atoms with Crippen LogP contribution in [0.3, 0.4) is 0 Å². The SMILES string of the molecule is Fc1ccc(C(Br)c2ccccc2F)cc1. The maximum Gasteiger partial charge on any atom is 0.127 e. The van der Waals surface area contributed by atoms with Gasteiger partial charge in [-0.1, -0.05) is 46.3 Å². The average Bonchev–Trinajstić information content (AvgIpc) is 2.30. The third-order valence-electron chi connectivity index (χ3n) is 2.34. The first-order chi connectivity index (χ1) is 7.68. The van der Waals surface area contributed by atoms with E-state index in [2.05, 4.69) is 15.9 Å². The molecule has 0 saturated heterocycles. The van der Waals surface area contributed by atoms with Gasteiger partial charge in [0.1, 0.15) is 11.6 Å². The molecule has 1 atom stereocenters. The van der Waals surface area contributed by atoms with Gasteiger partial charge in [-0.15, -0.1) is 0 Å². The van der Waals surface area contributed by atoms with Crippen molar-refractivity contribution in [1.82, 2.24) is 0 Å². The quantitative estimate of drug-likeness (QED) is 0.714. The van der Waals surface area contributed by atoms with Gasteiger partial charge in [0, 0.05) is 5.56 Å². The minimum Gasteiger partial charge on any atom is -0.207 e. The third-order valence-corrected chi connectivity index (χ3v) is 3.36. The van der Waals surface area contributed by atoms with Gasteiger partial charge in [0.2, 0.25) is 0 Å². The topological polar surface area (TPSA) is 0 Å². The summed E-state index contributed by atoms with van der Waals surface area (Å²) in [6.45, 7) is 0. The Balaban J connectivity index is 2.35. The molecule has 0 fully saturated rings. The van der Waals surface area contributed by atoms with E-state index in [0.717, 1.165) is 5.56 Å². The first-order valence-corrected chi connectivity index (χ1v) is 5.74. The fraction of sp³-hybridized carbons (Fsp3) is 0.0769. The lowest BCUT2D eigenvalue weighted by molar-refractivity contribution is 0.613. The lowest BCUT2D eigenvalue weighted by Crippen LogP contribution is -1.96. The first-order valence-electron chi connectivity index (χ1n) is 4.82. The number of benzene rings is 2. The predicted molar refractivity (Wildman–Crippen MR) is 63.6 cm³/mol. The van der Waals surface area contributed by atoms with Crippen molar-refractivity contribution < 1.29 is 8.78 Å². The van der Waals surface area contributed by atoms with Crippen LogP contribution in [-0.4, -0.2) is 0 Å². The van der Waals surface area contributed by atoms with Gasteiger partial charge in [0.25, 0.3) is 0 Å². The minimum atomic E-state index is -0.294. The Morgan fingerprint density at radius 1 is 0.875 bits per heavy atom. The molecule has 0 aliphatic carbocycles. The van der Waals surface area contributed by atoms with Gasteiger partial charge >= 0.3 is 0 Å². The molecule has 2 aromatic carbocycles. The lowest BCUT2D eigenvalue weighted by Gasteiger charge is -2.11. The Morgan fingerprint density at radius 3 is 2.12 bits per heavy atom. The summed E-state index contributed by atoms with van der Waals surface area (Å²) in [5.74, 6) is -0.564. The molecule has 16 heavy (non-hydrogen) atoms. The Labute approximate surface area is 101 Å². The Hall–Kier alpha value is -1.22. The Kier molecular flexibility index (Phi) is 3.34. The Bertz CT molecular complexity index is 480. The standard InChI is InChI=1S/C13H9BrF2/c14-13(9-5-7-10(15)8-6-9)11-3-1-2-4-12(11)16/h1-8,13H. The normalized spacial score (nSPS) is 12.4. The molecule has 0 N–H and O–H groups in total. The van der Waals surface area contributed by atoms with Crippen molar-refractivity contribution in [3.63, 3.8) is 0 Å². The summed E-state index contributed by atoms with van der Waals surface area (Å²) in [5.41, 5.74) is 1.38. The van der Waals surface area contributed by atoms with Crippen molar-refractivity contribution >= 4 is 15.9 Å². The second kappa shape index (κ2) is 4.74. The molecule has 3 heteroatoms. The second-order valence-corrected chi connectivity index (χ2v) is 4.35. The molecule has 0 amide bonds. The van der Waals surface area contributed by atoms with Crippen LogP contribution in [0, 0.1) is 11.6 Å². The fourth-order valence-electron chi connectivity index (χ4n) is 1.49. The first kappa shape index (κ1) is 11.3. The summed E-state index contributed by atoms with van der Waals surface area (Å²) in [7, 11) is 0. The molecule has 0 saturated carbocycles. The van der Waals surface area contributed by atoms with Crippen LogP contribution in [0.2, 0.25) is 0 Å². The van der Waals surface area contributed by atoms with Gasteiger partial charge in [-0.2, -0.15) is 0 Å². The van der Waals surface area contributed by atoms with Crippen molar-refractivity contribution in [3.8, 4) is 0 Å². The van der Waals surface area contributed by atoms with Crippen LogP contribution in [0.4, 0.5) is 8.78 Å². The number of hydrogen-bond donors (Lipinski definition) is 0. The number of hydrogen-bond acceptors (Lipinski definition) is 0. The van der Waals surface area contributed by atoms with Crippen LogP contribution in [-0.2, 0) is 0 Å². The smallest absolute Gasteiger partial charge is 0.127 e. The Morgan fingerprint density at radius 2 is 1.50 bits per heavy atom. The van der Waals surface area contributed by atoms with Crippen LogP contribution < -0.4 is 0 Å². The highest BCUT2D eigenvalue weighted by Gasteiger charge is 2.13. The summed E-state index contributed by atoms with van der Waals surface area (Å²) >= 11 is 3.41. The van der Waals surface area contributed by atoms with Crippen molar-refractivity contribution in [1.29, 1.82) is 0 Å². The zero-order valence-corrected chi connectivity index (χ0v) is 9.92. The molecule has 0 heterocycles. The molecule has 2 rings (SSSR count). The molecule has 0 bridgehead atoms. The summed E-state index contributed by atoms with van der Waals surface area (Å²) in [4.78, 5) is -0.255. The molecule has 0 radical (unpaired) electrons. The number of alkyl halides is 1. The molecule has 82 valence electrons. The van der Waals surface area contributed by atoms with Crippen LogP contribution >= 0.6 is 15.9 Å². The monoisotopic (exact) mass is 282 g/mol. The van der Waals surface area contributed by atoms with Crippen molar-refractivity contribution in [2.75, 3.05) is 0 Å². The van der Waals surface area contributed by atoms with Gasteiger partial charge in [-0.05, 0) is 23.8 Å². The van der Waals surface area contributed by atoms with Crippen molar-refractivity contribution in [2.24, 2.45) is 0 Å². The lowest BCUT2D eigenvalue weighted by atomic mass is 10.0. The molecule has 0 nitrogen and oxygen atoms in total. The number of rotatable bonds is 2. The highest BCUT2D eigenvalue weighted by atomic mass is 79.9. The largest absolute Gasteiger partial charge is 0.207 e. The number of halogens is 3. The van der Waals surface area contributed by atoms with E-state index < -0.39 is 0 Å². The summed E-state index contributed by atoms with van der Waals surface area (Å²) in [5, 5.41) is 0. The van der Waals surface area contributed by atoms with E-state index in [1.165, 1.54) is 18.2 Å². The van der Waals surface area contributed by atoms with E-state index in [-0.39, 0.29) is 16.5 Å². The zero-order chi connectivity index (χ0) is 11.5. The fourth-order valence-corrected chi connectivity index (χ4v) is 2.17. The van der Waals surface area contributed by atoms with Crippen molar-refractivity contribution in [2.45, 2.75) is 4.83 Å². The molecule has 0 aromatic heterocycles. The summed E-state index contributed by atoms with van der Waals surface area (Å²) < 4.78 is 26.2. The zero-order valence-electron chi connectivity index (χ0n) is 8.33.